The fraction of sp³-hybridized carbons (Fsp3) is 0.571. The van der Waals surface area contributed by atoms with Crippen LogP contribution < -0.4 is 4.90 Å². The van der Waals surface area contributed by atoms with Crippen molar-refractivity contribution in [3.05, 3.63) is 29.1 Å². The van der Waals surface area contributed by atoms with Gasteiger partial charge in [0.05, 0.1) is 6.10 Å². The number of nitrogens with zero attached hydrogens (tertiary/aromatic N) is 1. The molecule has 2 N–H and O–H groups in total. The van der Waals surface area contributed by atoms with Crippen LogP contribution in [0.3, 0.4) is 0 Å². The van der Waals surface area contributed by atoms with Crippen LogP contribution in [0.2, 0.25) is 0 Å². The van der Waals surface area contributed by atoms with Gasteiger partial charge in [0, 0.05) is 30.9 Å². The van der Waals surface area contributed by atoms with E-state index in [9.17, 15) is 9.50 Å². The van der Waals surface area contributed by atoms with Gasteiger partial charge in [-0.3, -0.25) is 0 Å². The highest BCUT2D eigenvalue weighted by Gasteiger charge is 2.15. The van der Waals surface area contributed by atoms with Crippen molar-refractivity contribution in [3.8, 4) is 0 Å². The highest BCUT2D eigenvalue weighted by Crippen LogP contribution is 2.29. The smallest absolute Gasteiger partial charge is 0.126 e. The molecule has 0 aliphatic rings. The Balaban J connectivity index is 3.14. The molecule has 0 saturated carbocycles. The molecular weight excluding hydrogens is 233 g/mol. The molecule has 0 aliphatic carbocycles. The molecule has 0 aliphatic heterocycles. The van der Waals surface area contributed by atoms with E-state index in [1.165, 1.54) is 6.07 Å². The van der Waals surface area contributed by atoms with Gasteiger partial charge >= 0.3 is 0 Å². The molecule has 0 fully saturated rings. The van der Waals surface area contributed by atoms with E-state index in [0.717, 1.165) is 12.2 Å². The van der Waals surface area contributed by atoms with Crippen molar-refractivity contribution >= 4 is 5.69 Å². The lowest BCUT2D eigenvalue weighted by Gasteiger charge is -2.27. The molecule has 0 amide bonds. The van der Waals surface area contributed by atoms with E-state index in [1.807, 2.05) is 11.8 Å². The molecular formula is C14H22FNO2. The molecule has 0 bridgehead atoms. The van der Waals surface area contributed by atoms with Gasteiger partial charge in [-0.05, 0) is 44.9 Å². The van der Waals surface area contributed by atoms with Crippen LogP contribution >= 0.6 is 0 Å². The zero-order valence-corrected chi connectivity index (χ0v) is 11.3. The molecule has 1 atom stereocenters. The molecule has 1 aromatic carbocycles. The fourth-order valence-electron chi connectivity index (χ4n) is 2.00. The molecule has 0 spiro atoms. The molecule has 0 radical (unpaired) electrons. The van der Waals surface area contributed by atoms with Gasteiger partial charge in [0.1, 0.15) is 5.82 Å². The minimum Gasteiger partial charge on any atom is -0.396 e. The maximum Gasteiger partial charge on any atom is 0.126 e. The first kappa shape index (κ1) is 14.9. The Morgan fingerprint density at radius 2 is 2.06 bits per heavy atom. The maximum atomic E-state index is 13.6. The lowest BCUT2D eigenvalue weighted by atomic mass is 10.0. The van der Waals surface area contributed by atoms with Crippen LogP contribution in [0.1, 0.15) is 37.5 Å². The Morgan fingerprint density at radius 3 is 2.56 bits per heavy atom. The summed E-state index contributed by atoms with van der Waals surface area (Å²) in [5, 5.41) is 18.6. The van der Waals surface area contributed by atoms with Crippen molar-refractivity contribution < 1.29 is 14.6 Å². The van der Waals surface area contributed by atoms with E-state index < -0.39 is 6.10 Å². The SMILES string of the molecule is CCN(CCCO)c1cc(C)c(F)cc1[C@H](C)O. The first-order valence-electron chi connectivity index (χ1n) is 6.35. The highest BCUT2D eigenvalue weighted by atomic mass is 19.1. The Hall–Kier alpha value is -1.13. The summed E-state index contributed by atoms with van der Waals surface area (Å²) in [6, 6.07) is 3.16. The summed E-state index contributed by atoms with van der Waals surface area (Å²) < 4.78 is 13.6. The second-order valence-electron chi connectivity index (χ2n) is 4.49. The number of hydrogen-bond acceptors (Lipinski definition) is 3. The van der Waals surface area contributed by atoms with Gasteiger partial charge < -0.3 is 15.1 Å². The molecule has 0 unspecified atom stereocenters. The van der Waals surface area contributed by atoms with Crippen molar-refractivity contribution in [2.45, 2.75) is 33.3 Å². The number of halogens is 1. The standard InChI is InChI=1S/C14H22FNO2/c1-4-16(6-5-7-17)14-8-10(2)13(15)9-12(14)11(3)18/h8-9,11,17-18H,4-7H2,1-3H3/t11-/m0/s1. The van der Waals surface area contributed by atoms with Crippen molar-refractivity contribution in [3.63, 3.8) is 0 Å². The molecule has 1 aromatic rings. The van der Waals surface area contributed by atoms with Crippen LogP contribution in [0, 0.1) is 12.7 Å². The summed E-state index contributed by atoms with van der Waals surface area (Å²) in [4.78, 5) is 2.05. The van der Waals surface area contributed by atoms with Crippen LogP contribution in [0.5, 0.6) is 0 Å². The average Bonchev–Trinajstić information content (AvgIpc) is 2.33. The predicted molar refractivity (Wildman–Crippen MR) is 71.4 cm³/mol. The van der Waals surface area contributed by atoms with E-state index in [2.05, 4.69) is 0 Å². The maximum absolute atomic E-state index is 13.6. The molecule has 18 heavy (non-hydrogen) atoms. The number of aliphatic hydroxyl groups is 2. The van der Waals surface area contributed by atoms with Gasteiger partial charge in [-0.25, -0.2) is 4.39 Å². The van der Waals surface area contributed by atoms with Gasteiger partial charge in [-0.1, -0.05) is 0 Å². The lowest BCUT2D eigenvalue weighted by Crippen LogP contribution is -2.26. The van der Waals surface area contributed by atoms with Crippen molar-refractivity contribution in [1.82, 2.24) is 0 Å². The third kappa shape index (κ3) is 3.43. The Kier molecular flexibility index (Phi) is 5.56. The number of anilines is 1. The number of hydrogen-bond donors (Lipinski definition) is 2. The molecule has 1 rings (SSSR count). The molecule has 102 valence electrons. The molecule has 4 heteroatoms. The highest BCUT2D eigenvalue weighted by molar-refractivity contribution is 5.56. The van der Waals surface area contributed by atoms with Crippen molar-refractivity contribution in [2.24, 2.45) is 0 Å². The van der Waals surface area contributed by atoms with E-state index in [0.29, 0.717) is 24.1 Å². The van der Waals surface area contributed by atoms with E-state index >= 15 is 0 Å². The minimum atomic E-state index is -0.710. The number of aryl methyl sites for hydroxylation is 1. The summed E-state index contributed by atoms with van der Waals surface area (Å²) in [6.07, 6.45) is -0.0537. The minimum absolute atomic E-state index is 0.126. The lowest BCUT2D eigenvalue weighted by molar-refractivity contribution is 0.199. The molecule has 0 aromatic heterocycles. The summed E-state index contributed by atoms with van der Waals surface area (Å²) in [6.45, 7) is 6.92. The second-order valence-corrected chi connectivity index (χ2v) is 4.49. The third-order valence-electron chi connectivity index (χ3n) is 3.07. The first-order chi connectivity index (χ1) is 8.51. The number of aliphatic hydroxyl groups excluding tert-OH is 2. The Labute approximate surface area is 108 Å². The van der Waals surface area contributed by atoms with Crippen molar-refractivity contribution in [2.75, 3.05) is 24.6 Å². The van der Waals surface area contributed by atoms with E-state index in [1.54, 1.807) is 19.9 Å². The second kappa shape index (κ2) is 6.71. The van der Waals surface area contributed by atoms with Crippen molar-refractivity contribution in [1.29, 1.82) is 0 Å². The molecule has 3 nitrogen and oxygen atoms in total. The Morgan fingerprint density at radius 1 is 1.39 bits per heavy atom. The quantitative estimate of drug-likeness (QED) is 0.820. The van der Waals surface area contributed by atoms with Crippen LogP contribution in [0.15, 0.2) is 12.1 Å². The Bertz CT molecular complexity index is 394. The van der Waals surface area contributed by atoms with Gasteiger partial charge in [0.2, 0.25) is 0 Å². The molecule has 0 heterocycles. The number of benzene rings is 1. The molecule has 0 saturated heterocycles. The van der Waals surface area contributed by atoms with Crippen LogP contribution in [0.25, 0.3) is 0 Å². The van der Waals surface area contributed by atoms with Gasteiger partial charge in [0.15, 0.2) is 0 Å². The van der Waals surface area contributed by atoms with Gasteiger partial charge in [-0.15, -0.1) is 0 Å². The summed E-state index contributed by atoms with van der Waals surface area (Å²) in [5.41, 5.74) is 2.01. The van der Waals surface area contributed by atoms with E-state index in [4.69, 9.17) is 5.11 Å². The summed E-state index contributed by atoms with van der Waals surface area (Å²) in [7, 11) is 0. The first-order valence-corrected chi connectivity index (χ1v) is 6.35. The van der Waals surface area contributed by atoms with Gasteiger partial charge in [-0.2, -0.15) is 0 Å². The summed E-state index contributed by atoms with van der Waals surface area (Å²) >= 11 is 0. The largest absolute Gasteiger partial charge is 0.396 e. The van der Waals surface area contributed by atoms with E-state index in [-0.39, 0.29) is 12.4 Å². The predicted octanol–water partition coefficient (Wildman–Crippen LogP) is 2.40. The topological polar surface area (TPSA) is 43.7 Å². The monoisotopic (exact) mass is 255 g/mol. The average molecular weight is 255 g/mol. The van der Waals surface area contributed by atoms with Crippen LogP contribution in [0.4, 0.5) is 10.1 Å². The van der Waals surface area contributed by atoms with Gasteiger partial charge in [0.25, 0.3) is 0 Å². The number of rotatable bonds is 6. The summed E-state index contributed by atoms with van der Waals surface area (Å²) in [5.74, 6) is -0.298. The normalized spacial score (nSPS) is 12.6. The zero-order chi connectivity index (χ0) is 13.7. The van der Waals surface area contributed by atoms with Crippen LogP contribution in [-0.2, 0) is 0 Å². The van der Waals surface area contributed by atoms with Crippen LogP contribution in [-0.4, -0.2) is 29.9 Å². The fourth-order valence-corrected chi connectivity index (χ4v) is 2.00. The third-order valence-corrected chi connectivity index (χ3v) is 3.07. The zero-order valence-electron chi connectivity index (χ0n) is 11.3.